The molecule has 0 atom stereocenters. The summed E-state index contributed by atoms with van der Waals surface area (Å²) in [7, 11) is -3.65. The van der Waals surface area contributed by atoms with E-state index in [0.29, 0.717) is 37.6 Å². The maximum absolute atomic E-state index is 12.8. The number of nitriles is 1. The lowest BCUT2D eigenvalue weighted by Gasteiger charge is -2.34. The molecule has 1 fully saturated rings. The molecule has 2 aromatic rings. The molecule has 1 saturated heterocycles. The number of pyridine rings is 1. The van der Waals surface area contributed by atoms with Crippen molar-refractivity contribution in [3.63, 3.8) is 0 Å². The van der Waals surface area contributed by atoms with Gasteiger partial charge in [0.15, 0.2) is 0 Å². The first-order valence-corrected chi connectivity index (χ1v) is 10.1. The number of halogens is 2. The van der Waals surface area contributed by atoms with Crippen LogP contribution in [0.1, 0.15) is 5.56 Å². The van der Waals surface area contributed by atoms with Crippen LogP contribution in [-0.2, 0) is 10.0 Å². The minimum Gasteiger partial charge on any atom is -0.354 e. The van der Waals surface area contributed by atoms with Crippen molar-refractivity contribution in [3.8, 4) is 6.07 Å². The van der Waals surface area contributed by atoms with Gasteiger partial charge in [-0.3, -0.25) is 0 Å². The molecule has 1 aliphatic heterocycles. The molecular formula is C16H14BrClN4O2S. The van der Waals surface area contributed by atoms with E-state index in [1.54, 1.807) is 30.5 Å². The molecule has 1 aliphatic rings. The van der Waals surface area contributed by atoms with Gasteiger partial charge in [0.1, 0.15) is 10.7 Å². The second-order valence-electron chi connectivity index (χ2n) is 5.48. The highest BCUT2D eigenvalue weighted by Gasteiger charge is 2.30. The zero-order valence-corrected chi connectivity index (χ0v) is 16.2. The van der Waals surface area contributed by atoms with Crippen molar-refractivity contribution in [2.24, 2.45) is 0 Å². The van der Waals surface area contributed by atoms with Crippen LogP contribution in [0.4, 0.5) is 5.82 Å². The van der Waals surface area contributed by atoms with Crippen molar-refractivity contribution in [2.75, 3.05) is 31.1 Å². The normalized spacial score (nSPS) is 15.8. The summed E-state index contributed by atoms with van der Waals surface area (Å²) < 4.78 is 27.8. The van der Waals surface area contributed by atoms with Gasteiger partial charge in [-0.05, 0) is 30.3 Å². The summed E-state index contributed by atoms with van der Waals surface area (Å²) in [5, 5.41) is 9.18. The van der Waals surface area contributed by atoms with Gasteiger partial charge >= 0.3 is 0 Å². The summed E-state index contributed by atoms with van der Waals surface area (Å²) in [6, 6.07) is 10.2. The molecule has 0 amide bonds. The highest BCUT2D eigenvalue weighted by atomic mass is 79.9. The number of nitrogens with zero attached hydrogens (tertiary/aromatic N) is 4. The molecule has 3 rings (SSSR count). The van der Waals surface area contributed by atoms with Gasteiger partial charge in [0, 0.05) is 36.8 Å². The highest BCUT2D eigenvalue weighted by molar-refractivity contribution is 9.10. The molecule has 6 nitrogen and oxygen atoms in total. The van der Waals surface area contributed by atoms with Gasteiger partial charge in [0.2, 0.25) is 10.0 Å². The fraction of sp³-hybridized carbons (Fsp3) is 0.250. The van der Waals surface area contributed by atoms with Crippen molar-refractivity contribution in [1.29, 1.82) is 5.26 Å². The van der Waals surface area contributed by atoms with Gasteiger partial charge in [-0.2, -0.15) is 9.57 Å². The van der Waals surface area contributed by atoms with Gasteiger partial charge in [0.05, 0.1) is 16.7 Å². The van der Waals surface area contributed by atoms with Crippen molar-refractivity contribution >= 4 is 43.4 Å². The van der Waals surface area contributed by atoms with E-state index in [1.807, 2.05) is 4.90 Å². The van der Waals surface area contributed by atoms with Crippen LogP contribution in [0.15, 0.2) is 45.9 Å². The number of hydrogen-bond acceptors (Lipinski definition) is 5. The Morgan fingerprint density at radius 3 is 2.52 bits per heavy atom. The molecule has 0 saturated carbocycles. The summed E-state index contributed by atoms with van der Waals surface area (Å²) in [5.74, 6) is 0.678. The van der Waals surface area contributed by atoms with Gasteiger partial charge in [-0.15, -0.1) is 0 Å². The molecule has 9 heteroatoms. The van der Waals surface area contributed by atoms with E-state index in [9.17, 15) is 8.42 Å². The number of benzene rings is 1. The quantitative estimate of drug-likeness (QED) is 0.732. The van der Waals surface area contributed by atoms with Crippen molar-refractivity contribution in [2.45, 2.75) is 4.90 Å². The molecule has 130 valence electrons. The Morgan fingerprint density at radius 2 is 1.88 bits per heavy atom. The number of hydrogen-bond donors (Lipinski definition) is 0. The average molecular weight is 442 g/mol. The highest BCUT2D eigenvalue weighted by Crippen LogP contribution is 2.28. The largest absolute Gasteiger partial charge is 0.354 e. The second-order valence-corrected chi connectivity index (χ2v) is 8.71. The minimum absolute atomic E-state index is 0.107. The molecule has 0 radical (unpaired) electrons. The molecule has 25 heavy (non-hydrogen) atoms. The average Bonchev–Trinajstić information content (AvgIpc) is 2.61. The third-order valence-corrected chi connectivity index (χ3v) is 6.82. The van der Waals surface area contributed by atoms with Crippen LogP contribution in [0.2, 0.25) is 5.02 Å². The van der Waals surface area contributed by atoms with Gasteiger partial charge in [-0.1, -0.05) is 27.5 Å². The lowest BCUT2D eigenvalue weighted by Crippen LogP contribution is -2.49. The van der Waals surface area contributed by atoms with Crippen molar-refractivity contribution in [3.05, 3.63) is 51.6 Å². The lowest BCUT2D eigenvalue weighted by atomic mass is 10.2. The van der Waals surface area contributed by atoms with Crippen LogP contribution < -0.4 is 4.90 Å². The van der Waals surface area contributed by atoms with Crippen LogP contribution in [-0.4, -0.2) is 43.9 Å². The molecule has 0 unspecified atom stereocenters. The zero-order valence-electron chi connectivity index (χ0n) is 13.1. The second kappa shape index (κ2) is 7.30. The van der Waals surface area contributed by atoms with Crippen LogP contribution >= 0.6 is 27.5 Å². The maximum atomic E-state index is 12.8. The standard InChI is InChI=1S/C16H14BrClN4O2S/c17-13-1-2-15(14(18)10-13)25(23,24)22-7-5-21(6-8-22)16-9-12(11-19)3-4-20-16/h1-4,9-10H,5-8H2. The first-order chi connectivity index (χ1) is 11.9. The Kier molecular flexibility index (Phi) is 5.29. The van der Waals surface area contributed by atoms with Crippen LogP contribution in [0, 0.1) is 11.3 Å². The molecule has 0 spiro atoms. The number of piperazine rings is 1. The maximum Gasteiger partial charge on any atom is 0.244 e. The van der Waals surface area contributed by atoms with E-state index in [0.717, 1.165) is 4.47 Å². The first kappa shape index (κ1) is 18.1. The molecule has 0 bridgehead atoms. The summed E-state index contributed by atoms with van der Waals surface area (Å²) in [6.07, 6.45) is 1.58. The number of rotatable bonds is 3. The first-order valence-electron chi connectivity index (χ1n) is 7.48. The Bertz CT molecular complexity index is 937. The van der Waals surface area contributed by atoms with Gasteiger partial charge in [0.25, 0.3) is 0 Å². The molecule has 1 aromatic heterocycles. The summed E-state index contributed by atoms with van der Waals surface area (Å²) in [6.45, 7) is 1.64. The summed E-state index contributed by atoms with van der Waals surface area (Å²) >= 11 is 9.38. The third kappa shape index (κ3) is 3.80. The molecule has 0 N–H and O–H groups in total. The summed E-state index contributed by atoms with van der Waals surface area (Å²) in [4.78, 5) is 6.34. The van der Waals surface area contributed by atoms with Gasteiger partial charge in [-0.25, -0.2) is 13.4 Å². The zero-order chi connectivity index (χ0) is 18.0. The van der Waals surface area contributed by atoms with Crippen molar-refractivity contribution in [1.82, 2.24) is 9.29 Å². The van der Waals surface area contributed by atoms with Crippen molar-refractivity contribution < 1.29 is 8.42 Å². The van der Waals surface area contributed by atoms with E-state index in [1.165, 1.54) is 10.4 Å². The number of anilines is 1. The fourth-order valence-electron chi connectivity index (χ4n) is 2.64. The lowest BCUT2D eigenvalue weighted by molar-refractivity contribution is 0.384. The Balaban J connectivity index is 1.76. The van der Waals surface area contributed by atoms with E-state index in [-0.39, 0.29) is 9.92 Å². The van der Waals surface area contributed by atoms with E-state index in [4.69, 9.17) is 16.9 Å². The molecule has 0 aliphatic carbocycles. The van der Waals surface area contributed by atoms with E-state index < -0.39 is 10.0 Å². The van der Waals surface area contributed by atoms with Crippen LogP contribution in [0.3, 0.4) is 0 Å². The Morgan fingerprint density at radius 1 is 1.16 bits per heavy atom. The molecular weight excluding hydrogens is 428 g/mol. The van der Waals surface area contributed by atoms with Crippen LogP contribution in [0.25, 0.3) is 0 Å². The fourth-order valence-corrected chi connectivity index (χ4v) is 5.08. The van der Waals surface area contributed by atoms with Crippen LogP contribution in [0.5, 0.6) is 0 Å². The van der Waals surface area contributed by atoms with E-state index in [2.05, 4.69) is 27.0 Å². The predicted octanol–water partition coefficient (Wildman–Crippen LogP) is 2.88. The number of aromatic nitrogens is 1. The van der Waals surface area contributed by atoms with E-state index >= 15 is 0 Å². The smallest absolute Gasteiger partial charge is 0.244 e. The molecule has 2 heterocycles. The SMILES string of the molecule is N#Cc1ccnc(N2CCN(S(=O)(=O)c3ccc(Br)cc3Cl)CC2)c1. The number of sulfonamides is 1. The topological polar surface area (TPSA) is 77.3 Å². The minimum atomic E-state index is -3.65. The summed E-state index contributed by atoms with van der Waals surface area (Å²) in [5.41, 5.74) is 0.529. The third-order valence-electron chi connectivity index (χ3n) is 3.95. The molecule has 1 aromatic carbocycles. The predicted molar refractivity (Wildman–Crippen MR) is 99.1 cm³/mol. The van der Waals surface area contributed by atoms with Gasteiger partial charge < -0.3 is 4.90 Å². The monoisotopic (exact) mass is 440 g/mol. The Labute approximate surface area is 159 Å². The Hall–Kier alpha value is -1.66.